The fourth-order valence-electron chi connectivity index (χ4n) is 6.38. The van der Waals surface area contributed by atoms with Gasteiger partial charge in [0.1, 0.15) is 0 Å². The van der Waals surface area contributed by atoms with Gasteiger partial charge in [-0.1, -0.05) is 19.1 Å². The van der Waals surface area contributed by atoms with Crippen molar-refractivity contribution in [3.63, 3.8) is 0 Å². The molecule has 0 saturated heterocycles. The van der Waals surface area contributed by atoms with Gasteiger partial charge in [-0.3, -0.25) is 19.2 Å². The van der Waals surface area contributed by atoms with Crippen LogP contribution in [0.15, 0.2) is 12.2 Å². The number of carbonyl (C=O) groups is 4. The minimum Gasteiger partial charge on any atom is -0.468 e. The van der Waals surface area contributed by atoms with Crippen molar-refractivity contribution < 1.29 is 38.1 Å². The molecule has 0 bridgehead atoms. The van der Waals surface area contributed by atoms with Gasteiger partial charge in [0, 0.05) is 0 Å². The Bertz CT molecular complexity index is 767. The zero-order chi connectivity index (χ0) is 23.0. The molecule has 8 heteroatoms. The van der Waals surface area contributed by atoms with Crippen molar-refractivity contribution in [2.24, 2.45) is 34.0 Å². The lowest BCUT2D eigenvalue weighted by Crippen LogP contribution is -2.56. The molecule has 0 aromatic rings. The summed E-state index contributed by atoms with van der Waals surface area (Å²) < 4.78 is 19.9. The SMILES string of the molecule is COC(=O)C1(C(=O)OC)CC[C@@H]2[C@H](C=C[C@@H]3CC(C(=O)OC)(C(=O)OC)CC[C@]32C)C1. The topological polar surface area (TPSA) is 105 Å². The maximum absolute atomic E-state index is 12.6. The van der Waals surface area contributed by atoms with E-state index in [9.17, 15) is 19.2 Å². The van der Waals surface area contributed by atoms with Gasteiger partial charge in [0.15, 0.2) is 10.8 Å². The molecule has 0 aromatic heterocycles. The van der Waals surface area contributed by atoms with E-state index in [0.717, 1.165) is 0 Å². The van der Waals surface area contributed by atoms with Crippen LogP contribution in [-0.2, 0) is 38.1 Å². The molecule has 0 unspecified atom stereocenters. The van der Waals surface area contributed by atoms with E-state index in [0.29, 0.717) is 38.5 Å². The van der Waals surface area contributed by atoms with Gasteiger partial charge in [-0.25, -0.2) is 0 Å². The van der Waals surface area contributed by atoms with Crippen LogP contribution in [0.3, 0.4) is 0 Å². The zero-order valence-electron chi connectivity index (χ0n) is 18.9. The Morgan fingerprint density at radius 1 is 0.710 bits per heavy atom. The molecule has 0 radical (unpaired) electrons. The monoisotopic (exact) mass is 436 g/mol. The normalized spacial score (nSPS) is 32.6. The maximum Gasteiger partial charge on any atom is 0.323 e. The summed E-state index contributed by atoms with van der Waals surface area (Å²) >= 11 is 0. The number of hydrogen-bond donors (Lipinski definition) is 0. The van der Waals surface area contributed by atoms with Crippen LogP contribution in [0.4, 0.5) is 0 Å². The average Bonchev–Trinajstić information content (AvgIpc) is 2.80. The first-order valence-electron chi connectivity index (χ1n) is 10.7. The van der Waals surface area contributed by atoms with E-state index in [4.69, 9.17) is 18.9 Å². The second-order valence-corrected chi connectivity index (χ2v) is 9.35. The Balaban J connectivity index is 1.93. The van der Waals surface area contributed by atoms with E-state index >= 15 is 0 Å². The molecule has 0 amide bonds. The van der Waals surface area contributed by atoms with Gasteiger partial charge >= 0.3 is 23.9 Å². The Kier molecular flexibility index (Phi) is 6.22. The highest BCUT2D eigenvalue weighted by Crippen LogP contribution is 2.62. The molecule has 0 N–H and O–H groups in total. The van der Waals surface area contributed by atoms with E-state index in [2.05, 4.69) is 6.92 Å². The summed E-state index contributed by atoms with van der Waals surface area (Å²) in [6.45, 7) is 2.18. The predicted molar refractivity (Wildman–Crippen MR) is 108 cm³/mol. The molecule has 0 aliphatic heterocycles. The first kappa shape index (κ1) is 23.3. The van der Waals surface area contributed by atoms with E-state index in [1.54, 1.807) is 0 Å². The van der Waals surface area contributed by atoms with Crippen LogP contribution in [-0.4, -0.2) is 52.3 Å². The molecule has 3 aliphatic carbocycles. The number of methoxy groups -OCH3 is 4. The third kappa shape index (κ3) is 3.34. The minimum atomic E-state index is -1.30. The molecule has 4 atom stereocenters. The van der Waals surface area contributed by atoms with Gasteiger partial charge in [-0.05, 0) is 61.7 Å². The van der Waals surface area contributed by atoms with Crippen LogP contribution in [0.1, 0.15) is 45.4 Å². The average molecular weight is 437 g/mol. The number of carbonyl (C=O) groups excluding carboxylic acids is 4. The zero-order valence-corrected chi connectivity index (χ0v) is 18.9. The molecular weight excluding hydrogens is 404 g/mol. The van der Waals surface area contributed by atoms with Gasteiger partial charge in [0.2, 0.25) is 0 Å². The molecule has 0 heterocycles. The fourth-order valence-corrected chi connectivity index (χ4v) is 6.38. The van der Waals surface area contributed by atoms with Crippen LogP contribution in [0.2, 0.25) is 0 Å². The third-order valence-corrected chi connectivity index (χ3v) is 8.23. The maximum atomic E-state index is 12.6. The number of ether oxygens (including phenoxy) is 4. The summed E-state index contributed by atoms with van der Waals surface area (Å²) in [5.41, 5.74) is -2.78. The summed E-state index contributed by atoms with van der Waals surface area (Å²) in [6.07, 6.45) is 6.69. The summed E-state index contributed by atoms with van der Waals surface area (Å²) in [4.78, 5) is 50.4. The first-order chi connectivity index (χ1) is 14.6. The summed E-state index contributed by atoms with van der Waals surface area (Å²) in [5.74, 6) is -2.05. The Morgan fingerprint density at radius 3 is 1.68 bits per heavy atom. The van der Waals surface area contributed by atoms with Crippen molar-refractivity contribution in [1.82, 2.24) is 0 Å². The van der Waals surface area contributed by atoms with Gasteiger partial charge in [-0.15, -0.1) is 0 Å². The molecule has 2 fully saturated rings. The third-order valence-electron chi connectivity index (χ3n) is 8.23. The summed E-state index contributed by atoms with van der Waals surface area (Å²) in [5, 5.41) is 0. The smallest absolute Gasteiger partial charge is 0.323 e. The lowest BCUT2D eigenvalue weighted by molar-refractivity contribution is -0.182. The largest absolute Gasteiger partial charge is 0.468 e. The number of esters is 4. The molecule has 8 nitrogen and oxygen atoms in total. The van der Waals surface area contributed by atoms with Crippen LogP contribution < -0.4 is 0 Å². The van der Waals surface area contributed by atoms with Crippen molar-refractivity contribution in [2.75, 3.05) is 28.4 Å². The van der Waals surface area contributed by atoms with Gasteiger partial charge in [0.05, 0.1) is 28.4 Å². The Labute approximate surface area is 182 Å². The van der Waals surface area contributed by atoms with Gasteiger partial charge in [-0.2, -0.15) is 0 Å². The van der Waals surface area contributed by atoms with Crippen molar-refractivity contribution >= 4 is 23.9 Å². The lowest BCUT2D eigenvalue weighted by Gasteiger charge is -2.57. The highest BCUT2D eigenvalue weighted by atomic mass is 16.6. The lowest BCUT2D eigenvalue weighted by atomic mass is 9.47. The second-order valence-electron chi connectivity index (χ2n) is 9.35. The predicted octanol–water partition coefficient (Wildman–Crippen LogP) is 2.44. The quantitative estimate of drug-likeness (QED) is 0.286. The first-order valence-corrected chi connectivity index (χ1v) is 10.7. The molecule has 3 aliphatic rings. The van der Waals surface area contributed by atoms with Crippen LogP contribution in [0.25, 0.3) is 0 Å². The number of fused-ring (bicyclic) bond motifs is 3. The van der Waals surface area contributed by atoms with Crippen LogP contribution in [0, 0.1) is 34.0 Å². The number of allylic oxidation sites excluding steroid dienone is 2. The van der Waals surface area contributed by atoms with Crippen LogP contribution in [0.5, 0.6) is 0 Å². The second kappa shape index (κ2) is 8.28. The van der Waals surface area contributed by atoms with E-state index in [1.807, 2.05) is 12.2 Å². The minimum absolute atomic E-state index is 0.00282. The van der Waals surface area contributed by atoms with Crippen LogP contribution >= 0.6 is 0 Å². The molecule has 31 heavy (non-hydrogen) atoms. The molecule has 0 spiro atoms. The Morgan fingerprint density at radius 2 is 1.19 bits per heavy atom. The summed E-state index contributed by atoms with van der Waals surface area (Å²) in [7, 11) is 5.14. The van der Waals surface area contributed by atoms with E-state index in [1.165, 1.54) is 28.4 Å². The fraction of sp³-hybridized carbons (Fsp3) is 0.739. The van der Waals surface area contributed by atoms with Gasteiger partial charge < -0.3 is 18.9 Å². The molecule has 3 rings (SSSR count). The highest BCUT2D eigenvalue weighted by Gasteiger charge is 2.62. The molecule has 0 aromatic carbocycles. The summed E-state index contributed by atoms with van der Waals surface area (Å²) in [6, 6.07) is 0. The van der Waals surface area contributed by atoms with Crippen molar-refractivity contribution in [1.29, 1.82) is 0 Å². The van der Waals surface area contributed by atoms with E-state index < -0.39 is 34.7 Å². The number of rotatable bonds is 4. The van der Waals surface area contributed by atoms with Gasteiger partial charge in [0.25, 0.3) is 0 Å². The Hall–Kier alpha value is -2.38. The highest BCUT2D eigenvalue weighted by molar-refractivity contribution is 6.01. The van der Waals surface area contributed by atoms with Crippen molar-refractivity contribution in [3.05, 3.63) is 12.2 Å². The molecule has 172 valence electrons. The number of hydrogen-bond acceptors (Lipinski definition) is 8. The van der Waals surface area contributed by atoms with E-state index in [-0.39, 0.29) is 23.2 Å². The van der Waals surface area contributed by atoms with Crippen molar-refractivity contribution in [2.45, 2.75) is 45.4 Å². The standard InChI is InChI=1S/C23H32O8/c1-21-10-11-23(19(26)30-4,20(27)31-5)13-15(21)7-6-14-12-22(17(24)28-2,18(25)29-3)9-8-16(14)21/h6-7,14-16H,8-13H2,1-5H3/t14-,15-,16-,21-/m1/s1. The van der Waals surface area contributed by atoms with Crippen molar-refractivity contribution in [3.8, 4) is 0 Å². The molecule has 2 saturated carbocycles. The molecular formula is C23H32O8.